The first kappa shape index (κ1) is 16.9. The maximum absolute atomic E-state index is 11.9. The number of aliphatic hydroxyl groups excluding tert-OH is 1. The summed E-state index contributed by atoms with van der Waals surface area (Å²) >= 11 is 0. The normalized spacial score (nSPS) is 26.3. The van der Waals surface area contributed by atoms with Crippen LogP contribution in [0.4, 0.5) is 0 Å². The van der Waals surface area contributed by atoms with Crippen molar-refractivity contribution >= 4 is 0 Å². The van der Waals surface area contributed by atoms with E-state index in [1.807, 2.05) is 6.92 Å². The molecule has 1 fully saturated rings. The minimum atomic E-state index is -0.598. The van der Waals surface area contributed by atoms with Crippen molar-refractivity contribution in [2.75, 3.05) is 13.2 Å². The van der Waals surface area contributed by atoms with Gasteiger partial charge in [-0.15, -0.1) is 0 Å². The van der Waals surface area contributed by atoms with Gasteiger partial charge in [-0.05, 0) is 20.8 Å². The van der Waals surface area contributed by atoms with Crippen molar-refractivity contribution in [2.45, 2.75) is 51.9 Å². The lowest BCUT2D eigenvalue weighted by Gasteiger charge is -2.21. The van der Waals surface area contributed by atoms with E-state index in [2.05, 4.69) is 4.98 Å². The molecule has 1 saturated heterocycles. The van der Waals surface area contributed by atoms with E-state index in [0.29, 0.717) is 18.6 Å². The molecule has 22 heavy (non-hydrogen) atoms. The molecule has 4 atom stereocenters. The SMILES string of the molecule is CCO[C@H](C)OC1C[C@H](n2cc(C)c(=O)[nH]c2=O)O[C@@H]1CO. The van der Waals surface area contributed by atoms with Gasteiger partial charge < -0.3 is 19.3 Å². The first-order chi connectivity index (χ1) is 10.5. The van der Waals surface area contributed by atoms with Gasteiger partial charge in [0.1, 0.15) is 12.3 Å². The molecular weight excluding hydrogens is 292 g/mol. The van der Waals surface area contributed by atoms with Crippen molar-refractivity contribution in [3.8, 4) is 0 Å². The highest BCUT2D eigenvalue weighted by Gasteiger charge is 2.38. The monoisotopic (exact) mass is 314 g/mol. The zero-order chi connectivity index (χ0) is 16.3. The molecule has 0 aliphatic carbocycles. The molecule has 0 aromatic carbocycles. The second-order valence-electron chi connectivity index (χ2n) is 5.22. The highest BCUT2D eigenvalue weighted by atomic mass is 16.7. The van der Waals surface area contributed by atoms with Crippen LogP contribution in [0.1, 0.15) is 32.1 Å². The molecule has 1 aliphatic heterocycles. The second kappa shape index (κ2) is 7.19. The smallest absolute Gasteiger partial charge is 0.330 e. The first-order valence-electron chi connectivity index (χ1n) is 7.31. The van der Waals surface area contributed by atoms with E-state index in [9.17, 15) is 14.7 Å². The Morgan fingerprint density at radius 3 is 2.91 bits per heavy atom. The summed E-state index contributed by atoms with van der Waals surface area (Å²) in [7, 11) is 0. The van der Waals surface area contributed by atoms with Crippen molar-refractivity contribution in [3.05, 3.63) is 32.6 Å². The molecule has 0 amide bonds. The summed E-state index contributed by atoms with van der Waals surface area (Å²) in [5, 5.41) is 9.42. The summed E-state index contributed by atoms with van der Waals surface area (Å²) in [6, 6.07) is 0. The van der Waals surface area contributed by atoms with Gasteiger partial charge in [0.2, 0.25) is 0 Å². The Morgan fingerprint density at radius 1 is 1.55 bits per heavy atom. The Hall–Kier alpha value is -1.48. The van der Waals surface area contributed by atoms with Gasteiger partial charge >= 0.3 is 5.69 Å². The number of nitrogens with one attached hydrogen (secondary N) is 1. The Balaban J connectivity index is 2.16. The fourth-order valence-electron chi connectivity index (χ4n) is 2.50. The number of aromatic nitrogens is 2. The Bertz CT molecular complexity index is 610. The molecule has 8 nitrogen and oxygen atoms in total. The van der Waals surface area contributed by atoms with Crippen LogP contribution >= 0.6 is 0 Å². The van der Waals surface area contributed by atoms with E-state index in [0.717, 1.165) is 0 Å². The van der Waals surface area contributed by atoms with Gasteiger partial charge in [0.05, 0.1) is 12.7 Å². The minimum absolute atomic E-state index is 0.225. The van der Waals surface area contributed by atoms with Gasteiger partial charge in [-0.1, -0.05) is 0 Å². The zero-order valence-electron chi connectivity index (χ0n) is 12.9. The molecule has 0 radical (unpaired) electrons. The largest absolute Gasteiger partial charge is 0.394 e. The molecule has 0 spiro atoms. The van der Waals surface area contributed by atoms with E-state index in [-0.39, 0.29) is 6.61 Å². The number of rotatable bonds is 6. The van der Waals surface area contributed by atoms with Gasteiger partial charge in [-0.3, -0.25) is 14.3 Å². The average Bonchev–Trinajstić information content (AvgIpc) is 2.85. The van der Waals surface area contributed by atoms with Crippen molar-refractivity contribution in [1.82, 2.24) is 9.55 Å². The average molecular weight is 314 g/mol. The van der Waals surface area contributed by atoms with E-state index in [1.165, 1.54) is 10.8 Å². The molecule has 1 aromatic heterocycles. The number of aryl methyl sites for hydroxylation is 1. The lowest BCUT2D eigenvalue weighted by molar-refractivity contribution is -0.172. The highest BCUT2D eigenvalue weighted by Crippen LogP contribution is 2.30. The van der Waals surface area contributed by atoms with Crippen LogP contribution in [0, 0.1) is 6.92 Å². The van der Waals surface area contributed by atoms with Crippen LogP contribution in [0.25, 0.3) is 0 Å². The summed E-state index contributed by atoms with van der Waals surface area (Å²) < 4.78 is 18.0. The minimum Gasteiger partial charge on any atom is -0.394 e. The van der Waals surface area contributed by atoms with Crippen molar-refractivity contribution in [1.29, 1.82) is 0 Å². The third-order valence-corrected chi connectivity index (χ3v) is 3.58. The molecule has 1 aromatic rings. The summed E-state index contributed by atoms with van der Waals surface area (Å²) in [5.41, 5.74) is -0.553. The van der Waals surface area contributed by atoms with Crippen LogP contribution in [0.5, 0.6) is 0 Å². The van der Waals surface area contributed by atoms with Gasteiger partial charge in [0, 0.05) is 24.8 Å². The topological polar surface area (TPSA) is 103 Å². The second-order valence-corrected chi connectivity index (χ2v) is 5.22. The van der Waals surface area contributed by atoms with Crippen molar-refractivity contribution in [2.24, 2.45) is 0 Å². The first-order valence-corrected chi connectivity index (χ1v) is 7.31. The molecule has 8 heteroatoms. The quantitative estimate of drug-likeness (QED) is 0.710. The van der Waals surface area contributed by atoms with Gasteiger partial charge in [-0.2, -0.15) is 0 Å². The number of nitrogens with zero attached hydrogens (tertiary/aromatic N) is 1. The van der Waals surface area contributed by atoms with Crippen LogP contribution in [0.15, 0.2) is 15.8 Å². The van der Waals surface area contributed by atoms with Gasteiger partial charge in [0.15, 0.2) is 6.29 Å². The molecular formula is C14H22N2O6. The molecule has 0 saturated carbocycles. The molecule has 1 aliphatic rings. The maximum atomic E-state index is 11.9. The molecule has 1 unspecified atom stereocenters. The fourth-order valence-corrected chi connectivity index (χ4v) is 2.50. The van der Waals surface area contributed by atoms with Gasteiger partial charge in [-0.25, -0.2) is 4.79 Å². The summed E-state index contributed by atoms with van der Waals surface area (Å²) in [6.45, 7) is 5.53. The third kappa shape index (κ3) is 3.64. The summed E-state index contributed by atoms with van der Waals surface area (Å²) in [5.74, 6) is 0. The van der Waals surface area contributed by atoms with Gasteiger partial charge in [0.25, 0.3) is 5.56 Å². The number of H-pyrrole nitrogens is 1. The van der Waals surface area contributed by atoms with E-state index < -0.39 is 36.0 Å². The van der Waals surface area contributed by atoms with E-state index in [4.69, 9.17) is 14.2 Å². The van der Waals surface area contributed by atoms with Crippen molar-refractivity contribution < 1.29 is 19.3 Å². The summed E-state index contributed by atoms with van der Waals surface area (Å²) in [6.07, 6.45) is -0.134. The van der Waals surface area contributed by atoms with Crippen LogP contribution in [0.2, 0.25) is 0 Å². The highest BCUT2D eigenvalue weighted by molar-refractivity contribution is 5.02. The van der Waals surface area contributed by atoms with Crippen molar-refractivity contribution in [3.63, 3.8) is 0 Å². The Morgan fingerprint density at radius 2 is 2.27 bits per heavy atom. The summed E-state index contributed by atoms with van der Waals surface area (Å²) in [4.78, 5) is 25.6. The lowest BCUT2D eigenvalue weighted by atomic mass is 10.2. The van der Waals surface area contributed by atoms with E-state index >= 15 is 0 Å². The number of ether oxygens (including phenoxy) is 3. The lowest BCUT2D eigenvalue weighted by Crippen LogP contribution is -2.33. The van der Waals surface area contributed by atoms with Crippen LogP contribution in [-0.2, 0) is 14.2 Å². The number of hydrogen-bond acceptors (Lipinski definition) is 6. The predicted molar refractivity (Wildman–Crippen MR) is 77.6 cm³/mol. The molecule has 124 valence electrons. The Labute approximate surface area is 127 Å². The number of aromatic amines is 1. The molecule has 2 N–H and O–H groups in total. The molecule has 2 heterocycles. The van der Waals surface area contributed by atoms with Crippen LogP contribution < -0.4 is 11.2 Å². The fraction of sp³-hybridized carbons (Fsp3) is 0.714. The van der Waals surface area contributed by atoms with E-state index in [1.54, 1.807) is 13.8 Å². The molecule has 0 bridgehead atoms. The standard InChI is InChI=1S/C14H22N2O6/c1-4-20-9(3)21-10-5-12(22-11(10)7-17)16-6-8(2)13(18)15-14(16)19/h6,9-12,17H,4-5,7H2,1-3H3,(H,15,18,19)/t9-,10?,11+,12+/m0/s1. The third-order valence-electron chi connectivity index (χ3n) is 3.58. The predicted octanol–water partition coefficient (Wildman–Crippen LogP) is -0.107. The number of hydrogen-bond donors (Lipinski definition) is 2. The van der Waals surface area contributed by atoms with Crippen LogP contribution in [-0.4, -0.2) is 46.4 Å². The zero-order valence-corrected chi connectivity index (χ0v) is 12.9. The maximum Gasteiger partial charge on any atom is 0.330 e. The number of aliphatic hydroxyl groups is 1. The molecule has 2 rings (SSSR count). The Kier molecular flexibility index (Phi) is 5.52. The van der Waals surface area contributed by atoms with Crippen LogP contribution in [0.3, 0.4) is 0 Å².